The molecule has 0 atom stereocenters. The van der Waals surface area contributed by atoms with Gasteiger partial charge in [-0.2, -0.15) is 0 Å². The van der Waals surface area contributed by atoms with E-state index in [4.69, 9.17) is 4.74 Å². The van der Waals surface area contributed by atoms with Crippen molar-refractivity contribution < 1.29 is 19.1 Å². The number of anilines is 1. The summed E-state index contributed by atoms with van der Waals surface area (Å²) in [5.74, 6) is -1.86. The minimum Gasteiger partial charge on any atom is -0.451 e. The van der Waals surface area contributed by atoms with Crippen LogP contribution in [0.5, 0.6) is 0 Å². The highest BCUT2D eigenvalue weighted by atomic mass is 16.5. The van der Waals surface area contributed by atoms with Gasteiger partial charge >= 0.3 is 11.7 Å². The van der Waals surface area contributed by atoms with Crippen molar-refractivity contribution in [3.63, 3.8) is 0 Å². The molecule has 0 bridgehead atoms. The zero-order valence-electron chi connectivity index (χ0n) is 15.4. The molecule has 1 heterocycles. The molecule has 0 fully saturated rings. The molecule has 9 heteroatoms. The lowest BCUT2D eigenvalue weighted by Gasteiger charge is -2.10. The lowest BCUT2D eigenvalue weighted by molar-refractivity contribution is -0.144. The van der Waals surface area contributed by atoms with Crippen LogP contribution in [0.2, 0.25) is 0 Å². The molecule has 4 N–H and O–H groups in total. The predicted octanol–water partition coefficient (Wildman–Crippen LogP) is 1.52. The van der Waals surface area contributed by atoms with E-state index in [0.29, 0.717) is 22.3 Å². The molecule has 148 valence electrons. The molecule has 0 aliphatic rings. The average Bonchev–Trinajstić information content (AvgIpc) is 3.05. The van der Waals surface area contributed by atoms with Crippen molar-refractivity contribution in [1.82, 2.24) is 15.3 Å². The van der Waals surface area contributed by atoms with Gasteiger partial charge in [0.25, 0.3) is 5.91 Å². The topological polar surface area (TPSA) is 133 Å². The maximum Gasteiger partial charge on any atom is 0.355 e. The zero-order chi connectivity index (χ0) is 20.8. The molecule has 0 radical (unpaired) electrons. The highest BCUT2D eigenvalue weighted by Gasteiger charge is 2.15. The van der Waals surface area contributed by atoms with Crippen LogP contribution in [0, 0.1) is 0 Å². The summed E-state index contributed by atoms with van der Waals surface area (Å²) in [7, 11) is 0. The number of ether oxygens (including phenoxy) is 1. The summed E-state index contributed by atoms with van der Waals surface area (Å²) < 4.78 is 5.00. The number of benzene rings is 2. The Labute approximate surface area is 164 Å². The number of carbonyl (C=O) groups excluding carboxylic acids is 3. The molecule has 2 amide bonds. The van der Waals surface area contributed by atoms with E-state index in [2.05, 4.69) is 20.6 Å². The van der Waals surface area contributed by atoms with E-state index in [9.17, 15) is 19.2 Å². The van der Waals surface area contributed by atoms with Crippen LogP contribution in [0.1, 0.15) is 12.5 Å². The number of rotatable bonds is 6. The van der Waals surface area contributed by atoms with Crippen LogP contribution < -0.4 is 16.3 Å². The number of hydrogen-bond donors (Lipinski definition) is 4. The molecular formula is C20H18N4O5. The van der Waals surface area contributed by atoms with Crippen molar-refractivity contribution >= 4 is 40.6 Å². The monoisotopic (exact) mass is 394 g/mol. The number of amides is 2. The number of carbonyl (C=O) groups is 3. The third-order valence-electron chi connectivity index (χ3n) is 3.78. The number of nitrogens with one attached hydrogen (secondary N) is 4. The normalized spacial score (nSPS) is 11.1. The van der Waals surface area contributed by atoms with Crippen LogP contribution in [0.3, 0.4) is 0 Å². The molecular weight excluding hydrogens is 376 g/mol. The van der Waals surface area contributed by atoms with E-state index in [1.165, 1.54) is 13.0 Å². The summed E-state index contributed by atoms with van der Waals surface area (Å²) >= 11 is 0. The van der Waals surface area contributed by atoms with Gasteiger partial charge in [0.2, 0.25) is 5.91 Å². The number of hydrogen-bond acceptors (Lipinski definition) is 5. The third-order valence-corrected chi connectivity index (χ3v) is 3.78. The first kappa shape index (κ1) is 19.6. The van der Waals surface area contributed by atoms with Gasteiger partial charge < -0.3 is 25.3 Å². The van der Waals surface area contributed by atoms with Gasteiger partial charge in [0.15, 0.2) is 6.61 Å². The minimum atomic E-state index is -0.843. The standard InChI is InChI=1S/C20H18N4O5/c1-12(25)21-17(9-13-5-3-2-4-6-13)19(27)29-11-18(26)22-14-7-8-15-16(10-14)24-20(28)23-15/h2-10H,11H2,1H3,(H,21,25)(H,22,26)(H2,23,24,28)/b17-9+. The molecule has 29 heavy (non-hydrogen) atoms. The number of imidazole rings is 1. The molecule has 3 aromatic rings. The molecule has 2 aromatic carbocycles. The molecule has 1 aromatic heterocycles. The lowest BCUT2D eigenvalue weighted by Crippen LogP contribution is -2.28. The lowest BCUT2D eigenvalue weighted by atomic mass is 10.2. The first-order valence-electron chi connectivity index (χ1n) is 8.64. The van der Waals surface area contributed by atoms with E-state index < -0.39 is 24.4 Å². The SMILES string of the molecule is CC(=O)N/C(=C/c1ccccc1)C(=O)OCC(=O)Nc1ccc2[nH]c(=O)[nH]c2c1. The Bertz CT molecular complexity index is 1140. The zero-order valence-corrected chi connectivity index (χ0v) is 15.4. The van der Waals surface area contributed by atoms with Gasteiger partial charge in [0.05, 0.1) is 11.0 Å². The smallest absolute Gasteiger partial charge is 0.355 e. The fraction of sp³-hybridized carbons (Fsp3) is 0.100. The molecule has 0 aliphatic heterocycles. The summed E-state index contributed by atoms with van der Waals surface area (Å²) in [6.07, 6.45) is 1.46. The largest absolute Gasteiger partial charge is 0.451 e. The maximum absolute atomic E-state index is 12.3. The van der Waals surface area contributed by atoms with Crippen molar-refractivity contribution in [1.29, 1.82) is 0 Å². The van der Waals surface area contributed by atoms with Crippen molar-refractivity contribution in [2.24, 2.45) is 0 Å². The summed E-state index contributed by atoms with van der Waals surface area (Å²) in [5.41, 5.74) is 1.81. The van der Waals surface area contributed by atoms with E-state index in [0.717, 1.165) is 0 Å². The summed E-state index contributed by atoms with van der Waals surface area (Å²) in [6, 6.07) is 13.7. The fourth-order valence-electron chi connectivity index (χ4n) is 2.57. The molecule has 0 saturated carbocycles. The van der Waals surface area contributed by atoms with Crippen LogP contribution in [0.4, 0.5) is 5.69 Å². The number of aromatic amines is 2. The van der Waals surface area contributed by atoms with Crippen LogP contribution in [0.25, 0.3) is 17.1 Å². The Kier molecular flexibility index (Phi) is 5.88. The summed E-state index contributed by atoms with van der Waals surface area (Å²) in [5, 5.41) is 4.97. The van der Waals surface area contributed by atoms with Crippen LogP contribution in [-0.4, -0.2) is 34.4 Å². The Balaban J connectivity index is 1.63. The minimum absolute atomic E-state index is 0.0807. The first-order valence-corrected chi connectivity index (χ1v) is 8.64. The second-order valence-electron chi connectivity index (χ2n) is 6.11. The highest BCUT2D eigenvalue weighted by Crippen LogP contribution is 2.14. The van der Waals surface area contributed by atoms with Gasteiger partial charge in [-0.1, -0.05) is 30.3 Å². The van der Waals surface area contributed by atoms with E-state index >= 15 is 0 Å². The van der Waals surface area contributed by atoms with Crippen molar-refractivity contribution in [2.75, 3.05) is 11.9 Å². The maximum atomic E-state index is 12.3. The van der Waals surface area contributed by atoms with Gasteiger partial charge in [-0.3, -0.25) is 9.59 Å². The molecule has 0 saturated heterocycles. The fourth-order valence-corrected chi connectivity index (χ4v) is 2.57. The number of H-pyrrole nitrogens is 2. The summed E-state index contributed by atoms with van der Waals surface area (Å²) in [6.45, 7) is 0.715. The first-order chi connectivity index (χ1) is 13.9. The van der Waals surface area contributed by atoms with Crippen molar-refractivity contribution in [3.05, 3.63) is 70.3 Å². The van der Waals surface area contributed by atoms with E-state index in [-0.39, 0.29) is 11.4 Å². The molecule has 0 spiro atoms. The molecule has 0 unspecified atom stereocenters. The van der Waals surface area contributed by atoms with Gasteiger partial charge in [-0.15, -0.1) is 0 Å². The summed E-state index contributed by atoms with van der Waals surface area (Å²) in [4.78, 5) is 52.2. The average molecular weight is 394 g/mol. The van der Waals surface area contributed by atoms with Crippen molar-refractivity contribution in [2.45, 2.75) is 6.92 Å². The molecule has 3 rings (SSSR count). The number of fused-ring (bicyclic) bond motifs is 1. The van der Waals surface area contributed by atoms with Crippen LogP contribution in [-0.2, 0) is 19.1 Å². The second-order valence-corrected chi connectivity index (χ2v) is 6.11. The Morgan fingerprint density at radius 2 is 1.76 bits per heavy atom. The highest BCUT2D eigenvalue weighted by molar-refractivity contribution is 6.00. The quantitative estimate of drug-likeness (QED) is 0.372. The van der Waals surface area contributed by atoms with Gasteiger partial charge in [-0.25, -0.2) is 9.59 Å². The Morgan fingerprint density at radius 3 is 2.48 bits per heavy atom. The number of esters is 1. The van der Waals surface area contributed by atoms with Crippen LogP contribution >= 0.6 is 0 Å². The second kappa shape index (κ2) is 8.70. The van der Waals surface area contributed by atoms with Gasteiger partial charge in [0, 0.05) is 12.6 Å². The Morgan fingerprint density at radius 1 is 1.03 bits per heavy atom. The number of aromatic nitrogens is 2. The molecule has 0 aliphatic carbocycles. The van der Waals surface area contributed by atoms with Gasteiger partial charge in [0.1, 0.15) is 5.70 Å². The van der Waals surface area contributed by atoms with E-state index in [1.54, 1.807) is 42.5 Å². The van der Waals surface area contributed by atoms with Crippen molar-refractivity contribution in [3.8, 4) is 0 Å². The predicted molar refractivity (Wildman–Crippen MR) is 107 cm³/mol. The van der Waals surface area contributed by atoms with E-state index in [1.807, 2.05) is 6.07 Å². The van der Waals surface area contributed by atoms with Gasteiger partial charge in [-0.05, 0) is 29.8 Å². The third kappa shape index (κ3) is 5.42. The molecule has 9 nitrogen and oxygen atoms in total. The van der Waals surface area contributed by atoms with Crippen LogP contribution in [0.15, 0.2) is 59.0 Å². The Hall–Kier alpha value is -4.14.